The van der Waals surface area contributed by atoms with E-state index >= 15 is 0 Å². The van der Waals surface area contributed by atoms with E-state index in [1.165, 1.54) is 11.3 Å². The van der Waals surface area contributed by atoms with Crippen LogP contribution < -0.4 is 10.1 Å². The molecule has 3 aromatic heterocycles. The molecule has 0 aliphatic rings. The molecule has 0 unspecified atom stereocenters. The minimum absolute atomic E-state index is 0.179. The maximum atomic E-state index is 12.6. The zero-order chi connectivity index (χ0) is 18.1. The van der Waals surface area contributed by atoms with Crippen molar-refractivity contribution in [3.8, 4) is 17.0 Å². The number of hydrogen-bond donors (Lipinski definition) is 1. The fourth-order valence-electron chi connectivity index (χ4n) is 2.75. The number of aromatic nitrogens is 3. The molecule has 0 aliphatic heterocycles. The Morgan fingerprint density at radius 1 is 1.19 bits per heavy atom. The molecule has 6 nitrogen and oxygen atoms in total. The molecule has 0 spiro atoms. The number of hydrogen-bond acceptors (Lipinski definition) is 5. The maximum absolute atomic E-state index is 12.6. The summed E-state index contributed by atoms with van der Waals surface area (Å²) in [5.41, 5.74) is 1.78. The SMILES string of the molecule is COc1cccc(-c2nn(C)c3sc(C(=O)Nc4ccccn4)cc23)c1. The summed E-state index contributed by atoms with van der Waals surface area (Å²) in [6, 6.07) is 15.0. The first kappa shape index (κ1) is 16.3. The molecule has 130 valence electrons. The van der Waals surface area contributed by atoms with Gasteiger partial charge in [0.1, 0.15) is 22.1 Å². The van der Waals surface area contributed by atoms with Gasteiger partial charge in [-0.05, 0) is 30.3 Å². The molecule has 3 heterocycles. The Hall–Kier alpha value is -3.19. The molecule has 4 aromatic rings. The molecule has 0 saturated heterocycles. The molecule has 0 bridgehead atoms. The van der Waals surface area contributed by atoms with E-state index in [1.54, 1.807) is 30.1 Å². The van der Waals surface area contributed by atoms with E-state index in [2.05, 4.69) is 15.4 Å². The number of ether oxygens (including phenoxy) is 1. The minimum Gasteiger partial charge on any atom is -0.497 e. The predicted octanol–water partition coefficient (Wildman–Crippen LogP) is 3.96. The topological polar surface area (TPSA) is 69.0 Å². The number of carbonyl (C=O) groups is 1. The van der Waals surface area contributed by atoms with Crippen LogP contribution in [0.1, 0.15) is 9.67 Å². The van der Waals surface area contributed by atoms with Crippen LogP contribution in [0.25, 0.3) is 21.5 Å². The second-order valence-electron chi connectivity index (χ2n) is 5.70. The number of benzene rings is 1. The quantitative estimate of drug-likeness (QED) is 0.595. The average Bonchev–Trinajstić information content (AvgIpc) is 3.23. The van der Waals surface area contributed by atoms with E-state index in [9.17, 15) is 4.79 Å². The molecule has 1 amide bonds. The number of methoxy groups -OCH3 is 1. The molecule has 4 rings (SSSR count). The van der Waals surface area contributed by atoms with Gasteiger partial charge in [0.2, 0.25) is 0 Å². The van der Waals surface area contributed by atoms with Crippen LogP contribution in [0.5, 0.6) is 5.75 Å². The predicted molar refractivity (Wildman–Crippen MR) is 103 cm³/mol. The van der Waals surface area contributed by atoms with Gasteiger partial charge in [0.05, 0.1) is 12.0 Å². The van der Waals surface area contributed by atoms with Crippen molar-refractivity contribution in [2.75, 3.05) is 12.4 Å². The molecule has 1 N–H and O–H groups in total. The van der Waals surface area contributed by atoms with Crippen LogP contribution >= 0.6 is 11.3 Å². The van der Waals surface area contributed by atoms with Crippen LogP contribution in [0.3, 0.4) is 0 Å². The van der Waals surface area contributed by atoms with E-state index in [-0.39, 0.29) is 5.91 Å². The van der Waals surface area contributed by atoms with Crippen LogP contribution in [0.4, 0.5) is 5.82 Å². The number of carbonyl (C=O) groups excluding carboxylic acids is 1. The van der Waals surface area contributed by atoms with E-state index < -0.39 is 0 Å². The van der Waals surface area contributed by atoms with Gasteiger partial charge >= 0.3 is 0 Å². The normalized spacial score (nSPS) is 10.8. The van der Waals surface area contributed by atoms with Gasteiger partial charge in [0.15, 0.2) is 0 Å². The number of thiophene rings is 1. The first-order chi connectivity index (χ1) is 12.7. The van der Waals surface area contributed by atoms with Crippen LogP contribution in [0.15, 0.2) is 54.7 Å². The number of rotatable bonds is 4. The van der Waals surface area contributed by atoms with E-state index in [1.807, 2.05) is 43.4 Å². The monoisotopic (exact) mass is 364 g/mol. The van der Waals surface area contributed by atoms with Crippen LogP contribution in [-0.4, -0.2) is 27.8 Å². The lowest BCUT2D eigenvalue weighted by atomic mass is 10.1. The molecule has 0 atom stereocenters. The summed E-state index contributed by atoms with van der Waals surface area (Å²) < 4.78 is 7.10. The Balaban J connectivity index is 1.72. The van der Waals surface area contributed by atoms with E-state index in [0.717, 1.165) is 27.2 Å². The third kappa shape index (κ3) is 2.93. The van der Waals surface area contributed by atoms with Crippen LogP contribution in [-0.2, 0) is 7.05 Å². The lowest BCUT2D eigenvalue weighted by Crippen LogP contribution is -2.11. The number of anilines is 1. The minimum atomic E-state index is -0.179. The lowest BCUT2D eigenvalue weighted by Gasteiger charge is -2.02. The summed E-state index contributed by atoms with van der Waals surface area (Å²) in [6.45, 7) is 0. The van der Waals surface area contributed by atoms with Crippen molar-refractivity contribution in [3.05, 3.63) is 59.6 Å². The number of aryl methyl sites for hydroxylation is 1. The molecular weight excluding hydrogens is 348 g/mol. The van der Waals surface area contributed by atoms with Gasteiger partial charge in [0.25, 0.3) is 5.91 Å². The third-order valence-electron chi connectivity index (χ3n) is 3.98. The van der Waals surface area contributed by atoms with Crippen molar-refractivity contribution in [1.82, 2.24) is 14.8 Å². The molecule has 0 radical (unpaired) electrons. The van der Waals surface area contributed by atoms with Gasteiger partial charge in [-0.25, -0.2) is 4.98 Å². The largest absolute Gasteiger partial charge is 0.497 e. The molecule has 0 saturated carbocycles. The summed E-state index contributed by atoms with van der Waals surface area (Å²) in [7, 11) is 3.51. The molecule has 26 heavy (non-hydrogen) atoms. The smallest absolute Gasteiger partial charge is 0.266 e. The van der Waals surface area contributed by atoms with Crippen molar-refractivity contribution < 1.29 is 9.53 Å². The van der Waals surface area contributed by atoms with Gasteiger partial charge in [-0.2, -0.15) is 5.10 Å². The second-order valence-corrected chi connectivity index (χ2v) is 6.73. The first-order valence-electron chi connectivity index (χ1n) is 7.99. The summed E-state index contributed by atoms with van der Waals surface area (Å²) in [5, 5.41) is 8.37. The zero-order valence-corrected chi connectivity index (χ0v) is 15.1. The van der Waals surface area contributed by atoms with Crippen molar-refractivity contribution in [2.24, 2.45) is 7.05 Å². The summed E-state index contributed by atoms with van der Waals surface area (Å²) in [6.07, 6.45) is 1.64. The number of pyridine rings is 1. The lowest BCUT2D eigenvalue weighted by molar-refractivity contribution is 0.103. The second kappa shape index (κ2) is 6.61. The standard InChI is InChI=1S/C19H16N4O2S/c1-23-19-14(17(22-23)12-6-5-7-13(10-12)25-2)11-15(26-19)18(24)21-16-8-3-4-9-20-16/h3-11H,1-2H3,(H,20,21,24). The number of nitrogens with zero attached hydrogens (tertiary/aromatic N) is 3. The summed E-state index contributed by atoms with van der Waals surface area (Å²) >= 11 is 1.41. The Kier molecular flexibility index (Phi) is 4.14. The molecule has 0 fully saturated rings. The van der Waals surface area contributed by atoms with Crippen molar-refractivity contribution in [3.63, 3.8) is 0 Å². The Morgan fingerprint density at radius 3 is 2.85 bits per heavy atom. The van der Waals surface area contributed by atoms with Gasteiger partial charge in [-0.15, -0.1) is 11.3 Å². The van der Waals surface area contributed by atoms with Gasteiger partial charge < -0.3 is 10.1 Å². The van der Waals surface area contributed by atoms with Crippen molar-refractivity contribution in [1.29, 1.82) is 0 Å². The van der Waals surface area contributed by atoms with Crippen molar-refractivity contribution >= 4 is 33.3 Å². The van der Waals surface area contributed by atoms with E-state index in [4.69, 9.17) is 4.74 Å². The van der Waals surface area contributed by atoms with Crippen LogP contribution in [0, 0.1) is 0 Å². The summed E-state index contributed by atoms with van der Waals surface area (Å²) in [5.74, 6) is 1.12. The third-order valence-corrected chi connectivity index (χ3v) is 5.19. The Bertz CT molecular complexity index is 1090. The Labute approximate surface area is 154 Å². The molecular formula is C19H16N4O2S. The molecule has 1 aromatic carbocycles. The van der Waals surface area contributed by atoms with Crippen LogP contribution in [0.2, 0.25) is 0 Å². The zero-order valence-electron chi connectivity index (χ0n) is 14.3. The number of fused-ring (bicyclic) bond motifs is 1. The summed E-state index contributed by atoms with van der Waals surface area (Å²) in [4.78, 5) is 18.2. The fraction of sp³-hybridized carbons (Fsp3) is 0.105. The highest BCUT2D eigenvalue weighted by molar-refractivity contribution is 7.20. The molecule has 0 aliphatic carbocycles. The first-order valence-corrected chi connectivity index (χ1v) is 8.80. The Morgan fingerprint density at radius 2 is 2.08 bits per heavy atom. The average molecular weight is 364 g/mol. The highest BCUT2D eigenvalue weighted by Crippen LogP contribution is 2.34. The van der Waals surface area contributed by atoms with Gasteiger partial charge in [-0.1, -0.05) is 18.2 Å². The maximum Gasteiger partial charge on any atom is 0.266 e. The molecule has 7 heteroatoms. The number of nitrogens with one attached hydrogen (secondary N) is 1. The highest BCUT2D eigenvalue weighted by atomic mass is 32.1. The van der Waals surface area contributed by atoms with Gasteiger partial charge in [-0.3, -0.25) is 9.48 Å². The highest BCUT2D eigenvalue weighted by Gasteiger charge is 2.18. The fourth-order valence-corrected chi connectivity index (χ4v) is 3.72. The van der Waals surface area contributed by atoms with Gasteiger partial charge in [0, 0.05) is 24.2 Å². The van der Waals surface area contributed by atoms with E-state index in [0.29, 0.717) is 10.7 Å². The number of amides is 1. The van der Waals surface area contributed by atoms with Crippen molar-refractivity contribution in [2.45, 2.75) is 0 Å².